The quantitative estimate of drug-likeness (QED) is 0.762. The summed E-state index contributed by atoms with van der Waals surface area (Å²) in [6.07, 6.45) is 2.16. The molecule has 1 aliphatic carbocycles. The Balaban J connectivity index is 0.00000208. The molecule has 2 aromatic rings. The van der Waals surface area contributed by atoms with Crippen LogP contribution in [-0.2, 0) is 0 Å². The maximum Gasteiger partial charge on any atom is 0.273 e. The molecule has 0 bridgehead atoms. The largest absolute Gasteiger partial charge is 0.349 e. The van der Waals surface area contributed by atoms with Gasteiger partial charge >= 0.3 is 0 Å². The first-order chi connectivity index (χ1) is 11.1. The second kappa shape index (κ2) is 8.09. The van der Waals surface area contributed by atoms with Crippen molar-refractivity contribution >= 4 is 34.2 Å². The fraction of sp³-hybridized carbons (Fsp3) is 0.438. The minimum atomic E-state index is -0.155. The molecule has 1 heterocycles. The van der Waals surface area contributed by atoms with E-state index in [9.17, 15) is 4.79 Å². The van der Waals surface area contributed by atoms with Gasteiger partial charge in [-0.15, -0.1) is 17.5 Å². The van der Waals surface area contributed by atoms with Crippen molar-refractivity contribution in [2.24, 2.45) is 0 Å². The number of carbonyl (C=O) groups is 1. The van der Waals surface area contributed by atoms with Gasteiger partial charge in [-0.2, -0.15) is 0 Å². The molecule has 1 aliphatic rings. The number of likely N-dealkylation sites (N-methyl/N-ethyl adjacent to an activating group) is 1. The number of nitrogens with zero attached hydrogens (tertiary/aromatic N) is 3. The number of amides is 1. The standard InChI is InChI=1S/C16H20BrN5O.ClH/c1-10(18-2)9-19-16(23)14-15(11-3-4-11)22(21-20-14)13-7-5-12(17)6-8-13;/h5-8,10-11,18H,3-4,9H2,1-2H3,(H,19,23);1H. The lowest BCUT2D eigenvalue weighted by atomic mass is 10.2. The number of rotatable bonds is 6. The molecule has 1 unspecified atom stereocenters. The van der Waals surface area contributed by atoms with E-state index in [1.165, 1.54) is 0 Å². The summed E-state index contributed by atoms with van der Waals surface area (Å²) < 4.78 is 2.80. The van der Waals surface area contributed by atoms with Crippen molar-refractivity contribution in [3.63, 3.8) is 0 Å². The first kappa shape index (κ1) is 18.9. The van der Waals surface area contributed by atoms with Gasteiger partial charge in [0.15, 0.2) is 5.69 Å². The molecule has 1 fully saturated rings. The average molecular weight is 415 g/mol. The normalized spacial score (nSPS) is 14.8. The molecule has 0 radical (unpaired) electrons. The zero-order valence-corrected chi connectivity index (χ0v) is 16.0. The summed E-state index contributed by atoms with van der Waals surface area (Å²) in [5.41, 5.74) is 2.28. The van der Waals surface area contributed by atoms with E-state index in [2.05, 4.69) is 36.9 Å². The van der Waals surface area contributed by atoms with Gasteiger partial charge in [0, 0.05) is 23.0 Å². The third-order valence-electron chi connectivity index (χ3n) is 4.02. The molecule has 1 saturated carbocycles. The number of benzene rings is 1. The SMILES string of the molecule is CNC(C)CNC(=O)c1nnn(-c2ccc(Br)cc2)c1C1CC1.Cl. The maximum absolute atomic E-state index is 12.5. The van der Waals surface area contributed by atoms with Gasteiger partial charge in [-0.05, 0) is 51.1 Å². The monoisotopic (exact) mass is 413 g/mol. The van der Waals surface area contributed by atoms with Crippen LogP contribution in [0.5, 0.6) is 0 Å². The molecular formula is C16H21BrClN5O. The van der Waals surface area contributed by atoms with Crippen molar-refractivity contribution in [2.75, 3.05) is 13.6 Å². The zero-order chi connectivity index (χ0) is 16.4. The van der Waals surface area contributed by atoms with E-state index < -0.39 is 0 Å². The Morgan fingerprint density at radius 3 is 2.62 bits per heavy atom. The van der Waals surface area contributed by atoms with Crippen LogP contribution < -0.4 is 10.6 Å². The van der Waals surface area contributed by atoms with Gasteiger partial charge < -0.3 is 10.6 Å². The highest BCUT2D eigenvalue weighted by molar-refractivity contribution is 9.10. The van der Waals surface area contributed by atoms with E-state index >= 15 is 0 Å². The fourth-order valence-corrected chi connectivity index (χ4v) is 2.64. The Morgan fingerprint density at radius 2 is 2.04 bits per heavy atom. The van der Waals surface area contributed by atoms with Gasteiger partial charge in [0.2, 0.25) is 0 Å². The summed E-state index contributed by atoms with van der Waals surface area (Å²) in [6, 6.07) is 8.07. The molecule has 6 nitrogen and oxygen atoms in total. The molecule has 8 heteroatoms. The maximum atomic E-state index is 12.5. The highest BCUT2D eigenvalue weighted by Gasteiger charge is 2.34. The zero-order valence-electron chi connectivity index (χ0n) is 13.6. The van der Waals surface area contributed by atoms with Crippen molar-refractivity contribution in [3.05, 3.63) is 40.1 Å². The molecule has 3 rings (SSSR count). The second-order valence-corrected chi connectivity index (χ2v) is 6.80. The van der Waals surface area contributed by atoms with Gasteiger partial charge in [-0.25, -0.2) is 4.68 Å². The third kappa shape index (κ3) is 4.15. The van der Waals surface area contributed by atoms with Crippen LogP contribution in [0.25, 0.3) is 5.69 Å². The average Bonchev–Trinajstić information content (AvgIpc) is 3.31. The number of carbonyl (C=O) groups excluding carboxylic acids is 1. The molecular weight excluding hydrogens is 394 g/mol. The van der Waals surface area contributed by atoms with Crippen LogP contribution >= 0.6 is 28.3 Å². The highest BCUT2D eigenvalue weighted by atomic mass is 79.9. The predicted molar refractivity (Wildman–Crippen MR) is 99.1 cm³/mol. The molecule has 1 aromatic carbocycles. The van der Waals surface area contributed by atoms with Gasteiger partial charge in [0.05, 0.1) is 11.4 Å². The molecule has 2 N–H and O–H groups in total. The van der Waals surface area contributed by atoms with Crippen LogP contribution in [0, 0.1) is 0 Å². The van der Waals surface area contributed by atoms with E-state index in [1.807, 2.05) is 38.2 Å². The fourth-order valence-electron chi connectivity index (χ4n) is 2.38. The third-order valence-corrected chi connectivity index (χ3v) is 4.55. The van der Waals surface area contributed by atoms with Crippen molar-refractivity contribution in [3.8, 4) is 5.69 Å². The van der Waals surface area contributed by atoms with Crippen LogP contribution in [0.1, 0.15) is 41.9 Å². The van der Waals surface area contributed by atoms with Crippen molar-refractivity contribution in [1.29, 1.82) is 0 Å². The van der Waals surface area contributed by atoms with Gasteiger partial charge in [-0.1, -0.05) is 21.1 Å². The Kier molecular flexibility index (Phi) is 6.37. The molecule has 1 aromatic heterocycles. The van der Waals surface area contributed by atoms with E-state index in [0.29, 0.717) is 18.2 Å². The number of aromatic nitrogens is 3. The summed E-state index contributed by atoms with van der Waals surface area (Å²) >= 11 is 3.43. The van der Waals surface area contributed by atoms with Crippen molar-refractivity contribution in [1.82, 2.24) is 25.6 Å². The Morgan fingerprint density at radius 1 is 1.38 bits per heavy atom. The topological polar surface area (TPSA) is 71.8 Å². The van der Waals surface area contributed by atoms with Crippen LogP contribution in [0.3, 0.4) is 0 Å². The predicted octanol–water partition coefficient (Wildman–Crippen LogP) is 2.67. The molecule has 0 spiro atoms. The first-order valence-electron chi connectivity index (χ1n) is 7.77. The van der Waals surface area contributed by atoms with Crippen LogP contribution in [0.2, 0.25) is 0 Å². The molecule has 0 aliphatic heterocycles. The summed E-state index contributed by atoms with van der Waals surface area (Å²) in [7, 11) is 1.87. The number of nitrogens with one attached hydrogen (secondary N) is 2. The summed E-state index contributed by atoms with van der Waals surface area (Å²) in [6.45, 7) is 2.57. The van der Waals surface area contributed by atoms with Gasteiger partial charge in [0.1, 0.15) is 0 Å². The molecule has 24 heavy (non-hydrogen) atoms. The minimum Gasteiger partial charge on any atom is -0.349 e. The first-order valence-corrected chi connectivity index (χ1v) is 8.56. The van der Waals surface area contributed by atoms with Crippen LogP contribution in [0.4, 0.5) is 0 Å². The number of hydrogen-bond acceptors (Lipinski definition) is 4. The second-order valence-electron chi connectivity index (χ2n) is 5.89. The molecule has 1 amide bonds. The Labute approximate surface area is 155 Å². The summed E-state index contributed by atoms with van der Waals surface area (Å²) in [5.74, 6) is 0.216. The minimum absolute atomic E-state index is 0. The van der Waals surface area contributed by atoms with Crippen molar-refractivity contribution < 1.29 is 4.79 Å². The van der Waals surface area contributed by atoms with Gasteiger partial charge in [-0.3, -0.25) is 4.79 Å². The van der Waals surface area contributed by atoms with Crippen LogP contribution in [-0.4, -0.2) is 40.5 Å². The summed E-state index contributed by atoms with van der Waals surface area (Å²) in [4.78, 5) is 12.5. The molecule has 1 atom stereocenters. The van der Waals surface area contributed by atoms with Gasteiger partial charge in [0.25, 0.3) is 5.91 Å². The van der Waals surface area contributed by atoms with E-state index in [1.54, 1.807) is 4.68 Å². The van der Waals surface area contributed by atoms with E-state index in [4.69, 9.17) is 0 Å². The van der Waals surface area contributed by atoms with E-state index in [0.717, 1.165) is 28.7 Å². The Bertz CT molecular complexity index is 699. The molecule has 0 saturated heterocycles. The smallest absolute Gasteiger partial charge is 0.273 e. The lowest BCUT2D eigenvalue weighted by Gasteiger charge is -2.11. The summed E-state index contributed by atoms with van der Waals surface area (Å²) in [5, 5.41) is 14.4. The van der Waals surface area contributed by atoms with Crippen LogP contribution in [0.15, 0.2) is 28.7 Å². The lowest BCUT2D eigenvalue weighted by molar-refractivity contribution is 0.0944. The number of halogens is 2. The van der Waals surface area contributed by atoms with E-state index in [-0.39, 0.29) is 24.4 Å². The van der Waals surface area contributed by atoms with Crippen molar-refractivity contribution in [2.45, 2.75) is 31.7 Å². The highest BCUT2D eigenvalue weighted by Crippen LogP contribution is 2.42. The molecule has 130 valence electrons. The lowest BCUT2D eigenvalue weighted by Crippen LogP contribution is -2.37. The Hall–Kier alpha value is -1.44. The number of hydrogen-bond donors (Lipinski definition) is 2.